The predicted molar refractivity (Wildman–Crippen MR) is 126 cm³/mol. The zero-order valence-corrected chi connectivity index (χ0v) is 21.1. The maximum absolute atomic E-state index is 13.8. The Balaban J connectivity index is 1.68. The smallest absolute Gasteiger partial charge is 0.291 e. The number of piperazine rings is 1. The second-order valence-corrected chi connectivity index (χ2v) is 12.2. The Hall–Kier alpha value is -2.36. The van der Waals surface area contributed by atoms with Gasteiger partial charge in [0.25, 0.3) is 6.43 Å². The summed E-state index contributed by atoms with van der Waals surface area (Å²) >= 11 is 0.676. The van der Waals surface area contributed by atoms with E-state index >= 15 is 0 Å². The van der Waals surface area contributed by atoms with Crippen molar-refractivity contribution in [3.05, 3.63) is 23.5 Å². The van der Waals surface area contributed by atoms with E-state index in [0.717, 1.165) is 0 Å². The van der Waals surface area contributed by atoms with Gasteiger partial charge in [-0.1, -0.05) is 11.3 Å². The number of hydrogen-bond donors (Lipinski definition) is 2. The zero-order chi connectivity index (χ0) is 25.8. The van der Waals surface area contributed by atoms with Gasteiger partial charge >= 0.3 is 0 Å². The molecule has 1 saturated heterocycles. The molecule has 0 spiro atoms. The lowest BCUT2D eigenvalue weighted by molar-refractivity contribution is 0.150. The van der Waals surface area contributed by atoms with Gasteiger partial charge in [-0.05, 0) is 32.8 Å². The molecule has 0 amide bonds. The summed E-state index contributed by atoms with van der Waals surface area (Å²) in [5, 5.41) is 9.96. The van der Waals surface area contributed by atoms with Gasteiger partial charge in [0, 0.05) is 24.3 Å². The second-order valence-electron chi connectivity index (χ2n) is 9.48. The van der Waals surface area contributed by atoms with Crippen molar-refractivity contribution < 1.29 is 26.0 Å². The van der Waals surface area contributed by atoms with E-state index in [9.17, 15) is 26.0 Å². The van der Waals surface area contributed by atoms with Crippen LogP contribution in [0, 0.1) is 0 Å². The van der Waals surface area contributed by atoms with E-state index in [2.05, 4.69) is 25.2 Å². The summed E-state index contributed by atoms with van der Waals surface area (Å²) in [5.41, 5.74) is 0.393. The Labute approximate surface area is 209 Å². The molecule has 1 aliphatic carbocycles. The highest BCUT2D eigenvalue weighted by Gasteiger charge is 2.42. The highest BCUT2D eigenvalue weighted by molar-refractivity contribution is 7.89. The van der Waals surface area contributed by atoms with Crippen LogP contribution in [-0.4, -0.2) is 71.6 Å². The molecular formula is C21H25F4N7O2S2. The van der Waals surface area contributed by atoms with Crippen LogP contribution in [0.5, 0.6) is 0 Å². The predicted octanol–water partition coefficient (Wildman–Crippen LogP) is 3.10. The molecule has 2 aliphatic rings. The molecule has 5 rings (SSSR count). The van der Waals surface area contributed by atoms with Gasteiger partial charge in [-0.15, -0.1) is 10.2 Å². The van der Waals surface area contributed by atoms with Crippen molar-refractivity contribution in [3.8, 4) is 10.7 Å². The Morgan fingerprint density at radius 2 is 2.03 bits per heavy atom. The molecule has 9 nitrogen and oxygen atoms in total. The molecule has 3 aromatic heterocycles. The third-order valence-electron chi connectivity index (χ3n) is 6.70. The Morgan fingerprint density at radius 1 is 1.28 bits per heavy atom. The lowest BCUT2D eigenvalue weighted by Crippen LogP contribution is -2.63. The van der Waals surface area contributed by atoms with E-state index in [1.54, 1.807) is 18.7 Å². The average Bonchev–Trinajstić information content (AvgIpc) is 3.23. The van der Waals surface area contributed by atoms with Crippen LogP contribution in [0.25, 0.3) is 16.3 Å². The van der Waals surface area contributed by atoms with Gasteiger partial charge in [0.2, 0.25) is 10.0 Å². The fourth-order valence-electron chi connectivity index (χ4n) is 4.36. The first-order valence-corrected chi connectivity index (χ1v) is 13.7. The molecule has 2 N–H and O–H groups in total. The minimum Gasteiger partial charge on any atom is -0.362 e. The number of aromatic nitrogens is 4. The fourth-order valence-corrected chi connectivity index (χ4v) is 6.55. The molecule has 2 fully saturated rings. The average molecular weight is 548 g/mol. The fraction of sp³-hybridized carbons (Fsp3) is 0.571. The molecule has 0 aromatic carbocycles. The number of hydrogen-bond acceptors (Lipinski definition) is 8. The van der Waals surface area contributed by atoms with Crippen LogP contribution in [0.1, 0.15) is 38.1 Å². The van der Waals surface area contributed by atoms with Crippen molar-refractivity contribution >= 4 is 32.7 Å². The van der Waals surface area contributed by atoms with Gasteiger partial charge in [0.15, 0.2) is 15.7 Å². The van der Waals surface area contributed by atoms with Crippen LogP contribution >= 0.6 is 11.3 Å². The number of pyridine rings is 1. The maximum atomic E-state index is 13.8. The van der Waals surface area contributed by atoms with Crippen molar-refractivity contribution in [2.75, 3.05) is 24.8 Å². The second kappa shape index (κ2) is 9.19. The first kappa shape index (κ1) is 25.3. The highest BCUT2D eigenvalue weighted by atomic mass is 32.2. The Kier molecular flexibility index (Phi) is 6.46. The molecule has 196 valence electrons. The molecule has 4 heterocycles. The van der Waals surface area contributed by atoms with E-state index in [-0.39, 0.29) is 22.1 Å². The number of halogens is 4. The van der Waals surface area contributed by atoms with E-state index in [1.165, 1.54) is 22.9 Å². The molecule has 0 radical (unpaired) electrons. The van der Waals surface area contributed by atoms with Gasteiger partial charge in [0.1, 0.15) is 23.9 Å². The first-order chi connectivity index (χ1) is 17.0. The molecule has 0 unspecified atom stereocenters. The zero-order valence-electron chi connectivity index (χ0n) is 19.5. The third-order valence-corrected chi connectivity index (χ3v) is 9.26. The normalized spacial score (nSPS) is 24.1. The number of rotatable bonds is 8. The number of anilines is 1. The van der Waals surface area contributed by atoms with Crippen LogP contribution in [0.2, 0.25) is 0 Å². The summed E-state index contributed by atoms with van der Waals surface area (Å²) in [6.07, 6.45) is 1.34. The summed E-state index contributed by atoms with van der Waals surface area (Å²) in [6, 6.07) is -0.371. The van der Waals surface area contributed by atoms with Gasteiger partial charge < -0.3 is 10.2 Å². The number of imidazole rings is 1. The number of nitrogens with one attached hydrogen (secondary N) is 2. The summed E-state index contributed by atoms with van der Waals surface area (Å²) in [5.74, 6) is 0. The van der Waals surface area contributed by atoms with Gasteiger partial charge in [-0.25, -0.2) is 35.7 Å². The van der Waals surface area contributed by atoms with Crippen molar-refractivity contribution in [1.29, 1.82) is 0 Å². The molecule has 15 heteroatoms. The third kappa shape index (κ3) is 4.57. The molecule has 1 aliphatic heterocycles. The van der Waals surface area contributed by atoms with Gasteiger partial charge in [-0.2, -0.15) is 0 Å². The minimum atomic E-state index is -3.99. The van der Waals surface area contributed by atoms with Crippen LogP contribution in [0.4, 0.5) is 23.2 Å². The van der Waals surface area contributed by atoms with Gasteiger partial charge in [-0.3, -0.25) is 4.40 Å². The summed E-state index contributed by atoms with van der Waals surface area (Å²) in [7, 11) is -3.99. The summed E-state index contributed by atoms with van der Waals surface area (Å²) in [4.78, 5) is 6.07. The van der Waals surface area contributed by atoms with Crippen molar-refractivity contribution in [2.45, 2.75) is 61.7 Å². The van der Waals surface area contributed by atoms with Crippen LogP contribution in [0.3, 0.4) is 0 Å². The Bertz CT molecular complexity index is 1380. The van der Waals surface area contributed by atoms with Crippen molar-refractivity contribution in [1.82, 2.24) is 29.6 Å². The molecular weight excluding hydrogens is 522 g/mol. The van der Waals surface area contributed by atoms with Crippen LogP contribution in [0.15, 0.2) is 23.4 Å². The largest absolute Gasteiger partial charge is 0.362 e. The van der Waals surface area contributed by atoms with E-state index in [4.69, 9.17) is 0 Å². The monoisotopic (exact) mass is 547 g/mol. The van der Waals surface area contributed by atoms with E-state index in [0.29, 0.717) is 35.5 Å². The number of alkyl halides is 4. The number of sulfonamides is 1. The SMILES string of the molecule is C[C@H]1[C@H](CF)N[C@@H](CF)CN1c1cc(S(=O)(=O)NC2(C)CC2)cn2c(-c3nnc(C(F)F)s3)cnc12. The molecule has 3 atom stereocenters. The number of nitrogens with zero attached hydrogens (tertiary/aromatic N) is 5. The molecule has 0 bridgehead atoms. The number of fused-ring (bicyclic) bond motifs is 1. The maximum Gasteiger partial charge on any atom is 0.291 e. The topological polar surface area (TPSA) is 105 Å². The molecule has 1 saturated carbocycles. The summed E-state index contributed by atoms with van der Waals surface area (Å²) in [6.45, 7) is 2.22. The lowest BCUT2D eigenvalue weighted by Gasteiger charge is -2.44. The first-order valence-electron chi connectivity index (χ1n) is 11.4. The molecule has 3 aromatic rings. The van der Waals surface area contributed by atoms with Crippen LogP contribution in [-0.2, 0) is 10.0 Å². The standard InChI is InChI=1S/C21H25F4N7O2S2/c1-11-14(7-23)27-12(6-22)9-31(11)15-5-13(36(33,34)30-21(2)3-4-21)10-32-16(8-26-18(15)32)19-28-29-20(35-19)17(24)25/h5,8,10-12,14,17,27,30H,3-4,6-7,9H2,1-2H3/t11-,12-,14-/m0/s1. The highest BCUT2D eigenvalue weighted by Crippen LogP contribution is 2.38. The quantitative estimate of drug-likeness (QED) is 0.418. The van der Waals surface area contributed by atoms with E-state index < -0.39 is 58.5 Å². The summed E-state index contributed by atoms with van der Waals surface area (Å²) < 4.78 is 84.5. The van der Waals surface area contributed by atoms with Gasteiger partial charge in [0.05, 0.1) is 24.0 Å². The van der Waals surface area contributed by atoms with Crippen molar-refractivity contribution in [3.63, 3.8) is 0 Å². The van der Waals surface area contributed by atoms with Crippen LogP contribution < -0.4 is 14.9 Å². The molecule has 36 heavy (non-hydrogen) atoms. The van der Waals surface area contributed by atoms with Crippen molar-refractivity contribution in [2.24, 2.45) is 0 Å². The van der Waals surface area contributed by atoms with E-state index in [1.807, 2.05) is 0 Å². The lowest BCUT2D eigenvalue weighted by atomic mass is 10.0. The Morgan fingerprint density at radius 3 is 2.64 bits per heavy atom. The minimum absolute atomic E-state index is 0.0877.